The first-order valence-electron chi connectivity index (χ1n) is 5.55. The average molecular weight is 274 g/mol. The third-order valence-corrected chi connectivity index (χ3v) is 3.92. The van der Waals surface area contributed by atoms with E-state index in [1.54, 1.807) is 6.07 Å². The number of benzene rings is 1. The van der Waals surface area contributed by atoms with Crippen LogP contribution in [0.25, 0.3) is 0 Å². The van der Waals surface area contributed by atoms with Gasteiger partial charge < -0.3 is 15.6 Å². The lowest BCUT2D eigenvalue weighted by Crippen LogP contribution is -2.25. The summed E-state index contributed by atoms with van der Waals surface area (Å²) in [6, 6.07) is 4.41. The van der Waals surface area contributed by atoms with Gasteiger partial charge in [-0.25, -0.2) is 13.1 Å². The van der Waals surface area contributed by atoms with Gasteiger partial charge in [0.15, 0.2) is 0 Å². The van der Waals surface area contributed by atoms with E-state index in [4.69, 9.17) is 15.6 Å². The first-order valence-corrected chi connectivity index (χ1v) is 7.03. The van der Waals surface area contributed by atoms with E-state index in [1.165, 1.54) is 19.2 Å². The molecule has 0 bridgehead atoms. The SMILES string of the molecule is COc1ccc(S(=O)(=O)NCCCCO)c(N)c1. The predicted octanol–water partition coefficient (Wildman–Crippen LogP) is 0.328. The molecule has 7 heteroatoms. The Morgan fingerprint density at radius 2 is 2.11 bits per heavy atom. The number of sulfonamides is 1. The maximum Gasteiger partial charge on any atom is 0.242 e. The number of anilines is 1. The van der Waals surface area contributed by atoms with Gasteiger partial charge in [0.1, 0.15) is 10.6 Å². The summed E-state index contributed by atoms with van der Waals surface area (Å²) in [7, 11) is -2.13. The number of hydrogen-bond acceptors (Lipinski definition) is 5. The number of ether oxygens (including phenoxy) is 1. The molecule has 0 aliphatic rings. The van der Waals surface area contributed by atoms with Gasteiger partial charge in [0.05, 0.1) is 12.8 Å². The Morgan fingerprint density at radius 1 is 1.39 bits per heavy atom. The lowest BCUT2D eigenvalue weighted by Gasteiger charge is -2.10. The van der Waals surface area contributed by atoms with Crippen molar-refractivity contribution >= 4 is 15.7 Å². The summed E-state index contributed by atoms with van der Waals surface area (Å²) in [4.78, 5) is 0.0345. The summed E-state index contributed by atoms with van der Waals surface area (Å²) >= 11 is 0. The zero-order valence-corrected chi connectivity index (χ0v) is 11.0. The molecule has 0 saturated heterocycles. The molecular formula is C11H18N2O4S. The minimum absolute atomic E-state index is 0.0345. The maximum absolute atomic E-state index is 11.9. The summed E-state index contributed by atoms with van der Waals surface area (Å²) < 4.78 is 31.2. The monoisotopic (exact) mass is 274 g/mol. The Morgan fingerprint density at radius 3 is 2.67 bits per heavy atom. The zero-order valence-electron chi connectivity index (χ0n) is 10.2. The molecule has 0 amide bonds. The second-order valence-corrected chi connectivity index (χ2v) is 5.47. The van der Waals surface area contributed by atoms with Crippen LogP contribution >= 0.6 is 0 Å². The van der Waals surface area contributed by atoms with E-state index in [2.05, 4.69) is 4.72 Å². The van der Waals surface area contributed by atoms with Crippen LogP contribution in [0.5, 0.6) is 5.75 Å². The molecule has 4 N–H and O–H groups in total. The van der Waals surface area contributed by atoms with E-state index < -0.39 is 10.0 Å². The van der Waals surface area contributed by atoms with Crippen LogP contribution in [0.4, 0.5) is 5.69 Å². The summed E-state index contributed by atoms with van der Waals surface area (Å²) in [5.41, 5.74) is 5.82. The van der Waals surface area contributed by atoms with Crippen molar-refractivity contribution in [2.24, 2.45) is 0 Å². The molecule has 1 rings (SSSR count). The lowest BCUT2D eigenvalue weighted by atomic mass is 10.3. The van der Waals surface area contributed by atoms with Crippen LogP contribution in [-0.4, -0.2) is 33.8 Å². The topological polar surface area (TPSA) is 102 Å². The van der Waals surface area contributed by atoms with Gasteiger partial charge in [-0.3, -0.25) is 0 Å². The number of aliphatic hydroxyl groups is 1. The van der Waals surface area contributed by atoms with E-state index in [1.807, 2.05) is 0 Å². The van der Waals surface area contributed by atoms with E-state index in [-0.39, 0.29) is 23.7 Å². The van der Waals surface area contributed by atoms with E-state index in [9.17, 15) is 8.42 Å². The van der Waals surface area contributed by atoms with Crippen molar-refractivity contribution in [1.29, 1.82) is 0 Å². The van der Waals surface area contributed by atoms with Crippen LogP contribution in [0.15, 0.2) is 23.1 Å². The molecule has 6 nitrogen and oxygen atoms in total. The van der Waals surface area contributed by atoms with E-state index in [0.29, 0.717) is 18.6 Å². The predicted molar refractivity (Wildman–Crippen MR) is 68.9 cm³/mol. The number of nitrogens with two attached hydrogens (primary N) is 1. The Balaban J connectivity index is 2.78. The molecular weight excluding hydrogens is 256 g/mol. The molecule has 102 valence electrons. The van der Waals surface area contributed by atoms with Crippen molar-refractivity contribution in [3.63, 3.8) is 0 Å². The second kappa shape index (κ2) is 6.58. The van der Waals surface area contributed by atoms with Gasteiger partial charge in [0.25, 0.3) is 0 Å². The average Bonchev–Trinajstić information content (AvgIpc) is 2.34. The van der Waals surface area contributed by atoms with Gasteiger partial charge in [-0.05, 0) is 25.0 Å². The van der Waals surface area contributed by atoms with Crippen LogP contribution in [0, 0.1) is 0 Å². The molecule has 0 aromatic heterocycles. The fourth-order valence-corrected chi connectivity index (χ4v) is 2.60. The molecule has 0 aliphatic carbocycles. The minimum atomic E-state index is -3.61. The van der Waals surface area contributed by atoms with Crippen LogP contribution in [0.2, 0.25) is 0 Å². The molecule has 1 aromatic rings. The van der Waals surface area contributed by atoms with Crippen molar-refractivity contribution < 1.29 is 18.3 Å². The molecule has 0 radical (unpaired) electrons. The number of nitrogens with one attached hydrogen (secondary N) is 1. The maximum atomic E-state index is 11.9. The number of rotatable bonds is 7. The zero-order chi connectivity index (χ0) is 13.6. The van der Waals surface area contributed by atoms with Crippen molar-refractivity contribution in [2.45, 2.75) is 17.7 Å². The molecule has 1 aromatic carbocycles. The summed E-state index contributed by atoms with van der Waals surface area (Å²) in [5.74, 6) is 0.506. The molecule has 0 heterocycles. The Labute approximate surface area is 107 Å². The Hall–Kier alpha value is -1.31. The number of hydrogen-bond donors (Lipinski definition) is 3. The molecule has 0 atom stereocenters. The fourth-order valence-electron chi connectivity index (χ4n) is 1.42. The van der Waals surface area contributed by atoms with E-state index in [0.717, 1.165) is 0 Å². The molecule has 0 saturated carbocycles. The van der Waals surface area contributed by atoms with Gasteiger partial charge in [-0.15, -0.1) is 0 Å². The molecule has 0 unspecified atom stereocenters. The van der Waals surface area contributed by atoms with Gasteiger partial charge >= 0.3 is 0 Å². The molecule has 18 heavy (non-hydrogen) atoms. The van der Waals surface area contributed by atoms with Crippen molar-refractivity contribution in [1.82, 2.24) is 4.72 Å². The van der Waals surface area contributed by atoms with Crippen molar-refractivity contribution in [3.8, 4) is 5.75 Å². The second-order valence-electron chi connectivity index (χ2n) is 3.73. The van der Waals surface area contributed by atoms with Crippen molar-refractivity contribution in [2.75, 3.05) is 26.0 Å². The quantitative estimate of drug-likeness (QED) is 0.491. The number of nitrogen functional groups attached to an aromatic ring is 1. The highest BCUT2D eigenvalue weighted by Crippen LogP contribution is 2.23. The van der Waals surface area contributed by atoms with Crippen LogP contribution < -0.4 is 15.2 Å². The molecule has 0 spiro atoms. The van der Waals surface area contributed by atoms with Crippen molar-refractivity contribution in [3.05, 3.63) is 18.2 Å². The Bertz CT molecular complexity index is 488. The smallest absolute Gasteiger partial charge is 0.242 e. The van der Waals surface area contributed by atoms with Gasteiger partial charge in [-0.1, -0.05) is 0 Å². The third-order valence-electron chi connectivity index (χ3n) is 2.38. The summed E-state index contributed by atoms with van der Waals surface area (Å²) in [6.45, 7) is 0.320. The normalized spacial score (nSPS) is 11.4. The number of unbranched alkanes of at least 4 members (excludes halogenated alkanes) is 1. The van der Waals surface area contributed by atoms with E-state index >= 15 is 0 Å². The standard InChI is InChI=1S/C11H18N2O4S/c1-17-9-4-5-11(10(12)8-9)18(15,16)13-6-2-3-7-14/h4-5,8,13-14H,2-3,6-7,12H2,1H3. The Kier molecular flexibility index (Phi) is 5.39. The largest absolute Gasteiger partial charge is 0.497 e. The number of aliphatic hydroxyl groups excluding tert-OH is 1. The van der Waals surface area contributed by atoms with Crippen LogP contribution in [-0.2, 0) is 10.0 Å². The third kappa shape index (κ3) is 3.86. The summed E-state index contributed by atoms with van der Waals surface area (Å²) in [6.07, 6.45) is 1.13. The van der Waals surface area contributed by atoms with Crippen LogP contribution in [0.1, 0.15) is 12.8 Å². The minimum Gasteiger partial charge on any atom is -0.497 e. The van der Waals surface area contributed by atoms with Gasteiger partial charge in [-0.2, -0.15) is 0 Å². The summed E-state index contributed by atoms with van der Waals surface area (Å²) in [5, 5.41) is 8.60. The first-order chi connectivity index (χ1) is 8.51. The highest BCUT2D eigenvalue weighted by molar-refractivity contribution is 7.89. The fraction of sp³-hybridized carbons (Fsp3) is 0.455. The van der Waals surface area contributed by atoms with Crippen LogP contribution in [0.3, 0.4) is 0 Å². The highest BCUT2D eigenvalue weighted by Gasteiger charge is 2.17. The first kappa shape index (κ1) is 14.7. The van der Waals surface area contributed by atoms with Gasteiger partial charge in [0.2, 0.25) is 10.0 Å². The molecule has 0 fully saturated rings. The highest BCUT2D eigenvalue weighted by atomic mass is 32.2. The number of methoxy groups -OCH3 is 1. The lowest BCUT2D eigenvalue weighted by molar-refractivity contribution is 0.285. The van der Waals surface area contributed by atoms with Gasteiger partial charge in [0, 0.05) is 19.2 Å². The molecule has 0 aliphatic heterocycles.